The molecule has 2 heterocycles. The molecule has 1 aromatic heterocycles. The summed E-state index contributed by atoms with van der Waals surface area (Å²) in [5.41, 5.74) is 2.93. The molecule has 3 aromatic rings. The molecule has 2 aromatic carbocycles. The van der Waals surface area contributed by atoms with Crippen molar-refractivity contribution in [1.29, 1.82) is 0 Å². The number of carbonyl (C=O) groups is 1. The Labute approximate surface area is 220 Å². The molecule has 1 amide bonds. The Morgan fingerprint density at radius 2 is 1.76 bits per heavy atom. The molecule has 1 aliphatic rings. The number of aromatic nitrogens is 2. The maximum atomic E-state index is 13.3. The standard InChI is InChI=1S/C31H38N4O2/c1-31(2,37)18-14-24-10-12-26(13-11-24)23-35-20-15-27(16-21-35)29(22-25-8-6-5-7-9-25)34(4)30(36)28-17-19-33(3)32-28/h5-13,17,19,27,29,37H,15-16,20-23H2,1-4H3/t29-/m0/s1. The highest BCUT2D eigenvalue weighted by Crippen LogP contribution is 2.28. The predicted octanol–water partition coefficient (Wildman–Crippen LogP) is 4.14. The number of hydrogen-bond donors (Lipinski definition) is 1. The zero-order valence-electron chi connectivity index (χ0n) is 22.4. The van der Waals surface area contributed by atoms with Gasteiger partial charge in [0.1, 0.15) is 11.3 Å². The average molecular weight is 499 g/mol. The second-order valence-corrected chi connectivity index (χ2v) is 10.7. The molecule has 0 aliphatic carbocycles. The Kier molecular flexibility index (Phi) is 8.48. The van der Waals surface area contributed by atoms with Gasteiger partial charge in [-0.15, -0.1) is 0 Å². The van der Waals surface area contributed by atoms with Crippen molar-refractivity contribution in [2.45, 2.75) is 51.3 Å². The topological polar surface area (TPSA) is 61.6 Å². The second-order valence-electron chi connectivity index (χ2n) is 10.7. The van der Waals surface area contributed by atoms with Gasteiger partial charge < -0.3 is 10.0 Å². The van der Waals surface area contributed by atoms with Gasteiger partial charge in [0.05, 0.1) is 0 Å². The van der Waals surface area contributed by atoms with Gasteiger partial charge in [0.25, 0.3) is 5.91 Å². The summed E-state index contributed by atoms with van der Waals surface area (Å²) in [6.45, 7) is 6.28. The molecule has 4 rings (SSSR count). The molecule has 1 atom stereocenters. The fourth-order valence-electron chi connectivity index (χ4n) is 5.01. The Hall–Kier alpha value is -3.40. The third-order valence-electron chi connectivity index (χ3n) is 7.09. The lowest BCUT2D eigenvalue weighted by atomic mass is 9.84. The highest BCUT2D eigenvalue weighted by atomic mass is 16.3. The van der Waals surface area contributed by atoms with Gasteiger partial charge in [-0.1, -0.05) is 54.3 Å². The van der Waals surface area contributed by atoms with Crippen molar-refractivity contribution >= 4 is 5.91 Å². The molecule has 1 fully saturated rings. The second kappa shape index (κ2) is 11.8. The average Bonchev–Trinajstić information content (AvgIpc) is 3.33. The van der Waals surface area contributed by atoms with E-state index in [1.807, 2.05) is 43.4 Å². The number of hydrogen-bond acceptors (Lipinski definition) is 4. The minimum Gasteiger partial charge on any atom is -0.378 e. The normalized spacial score (nSPS) is 15.6. The number of aliphatic hydroxyl groups is 1. The zero-order valence-corrected chi connectivity index (χ0v) is 22.4. The van der Waals surface area contributed by atoms with Gasteiger partial charge >= 0.3 is 0 Å². The van der Waals surface area contributed by atoms with Crippen molar-refractivity contribution in [3.63, 3.8) is 0 Å². The minimum atomic E-state index is -0.988. The van der Waals surface area contributed by atoms with Crippen LogP contribution < -0.4 is 0 Å². The number of likely N-dealkylation sites (tertiary alicyclic amines) is 1. The SMILES string of the molecule is CN(C(=O)c1ccn(C)n1)[C@@H](Cc1ccccc1)C1CCN(Cc2ccc(C#CC(C)(C)O)cc2)CC1. The first-order valence-corrected chi connectivity index (χ1v) is 13.1. The van der Waals surface area contributed by atoms with Crippen molar-refractivity contribution in [3.05, 3.63) is 89.2 Å². The highest BCUT2D eigenvalue weighted by Gasteiger charge is 2.32. The third kappa shape index (κ3) is 7.55. The first-order valence-electron chi connectivity index (χ1n) is 13.1. The molecule has 0 saturated carbocycles. The number of aryl methyl sites for hydroxylation is 1. The summed E-state index contributed by atoms with van der Waals surface area (Å²) in [7, 11) is 3.77. The van der Waals surface area contributed by atoms with Crippen molar-refractivity contribution in [1.82, 2.24) is 19.6 Å². The van der Waals surface area contributed by atoms with Crippen LogP contribution in [0.5, 0.6) is 0 Å². The van der Waals surface area contributed by atoms with Gasteiger partial charge in [0.2, 0.25) is 0 Å². The predicted molar refractivity (Wildman–Crippen MR) is 147 cm³/mol. The van der Waals surface area contributed by atoms with Crippen LogP contribution in [0.4, 0.5) is 0 Å². The first kappa shape index (κ1) is 26.7. The van der Waals surface area contributed by atoms with Crippen molar-refractivity contribution in [2.24, 2.45) is 13.0 Å². The monoisotopic (exact) mass is 498 g/mol. The van der Waals surface area contributed by atoms with Crippen LogP contribution >= 0.6 is 0 Å². The van der Waals surface area contributed by atoms with Gasteiger partial charge in [-0.05, 0) is 81.4 Å². The quantitative estimate of drug-likeness (QED) is 0.498. The van der Waals surface area contributed by atoms with Gasteiger partial charge in [0.15, 0.2) is 0 Å². The first-order chi connectivity index (χ1) is 17.7. The Morgan fingerprint density at radius 3 is 2.35 bits per heavy atom. The summed E-state index contributed by atoms with van der Waals surface area (Å²) in [5.74, 6) is 6.30. The molecule has 6 nitrogen and oxygen atoms in total. The summed E-state index contributed by atoms with van der Waals surface area (Å²) < 4.78 is 1.68. The smallest absolute Gasteiger partial charge is 0.274 e. The van der Waals surface area contributed by atoms with Crippen molar-refractivity contribution in [3.8, 4) is 11.8 Å². The molecular weight excluding hydrogens is 460 g/mol. The molecule has 6 heteroatoms. The van der Waals surface area contributed by atoms with Crippen LogP contribution in [0.3, 0.4) is 0 Å². The van der Waals surface area contributed by atoms with Crippen LogP contribution in [-0.2, 0) is 20.0 Å². The number of likely N-dealkylation sites (N-methyl/N-ethyl adjacent to an activating group) is 1. The maximum Gasteiger partial charge on any atom is 0.274 e. The Bertz CT molecular complexity index is 1220. The van der Waals surface area contributed by atoms with Crippen molar-refractivity contribution < 1.29 is 9.90 Å². The molecule has 1 aliphatic heterocycles. The molecule has 37 heavy (non-hydrogen) atoms. The van der Waals surface area contributed by atoms with Gasteiger partial charge in [-0.2, -0.15) is 5.10 Å². The highest BCUT2D eigenvalue weighted by molar-refractivity contribution is 5.92. The molecular formula is C31H38N4O2. The summed E-state index contributed by atoms with van der Waals surface area (Å²) >= 11 is 0. The molecule has 0 radical (unpaired) electrons. The van der Waals surface area contributed by atoms with E-state index in [9.17, 15) is 9.90 Å². The summed E-state index contributed by atoms with van der Waals surface area (Å²) in [5, 5.41) is 14.2. The number of amides is 1. The van der Waals surface area contributed by atoms with E-state index in [2.05, 4.69) is 58.2 Å². The Morgan fingerprint density at radius 1 is 1.08 bits per heavy atom. The van der Waals surface area contributed by atoms with E-state index in [1.165, 1.54) is 11.1 Å². The lowest BCUT2D eigenvalue weighted by molar-refractivity contribution is 0.0579. The summed E-state index contributed by atoms with van der Waals surface area (Å²) in [6.07, 6.45) is 4.75. The van der Waals surface area contributed by atoms with E-state index >= 15 is 0 Å². The van der Waals surface area contributed by atoms with Gasteiger partial charge in [0, 0.05) is 38.4 Å². The molecule has 0 spiro atoms. The number of piperidine rings is 1. The minimum absolute atomic E-state index is 0.0169. The van der Waals surface area contributed by atoms with E-state index in [-0.39, 0.29) is 11.9 Å². The number of benzene rings is 2. The van der Waals surface area contributed by atoms with E-state index in [0.717, 1.165) is 44.5 Å². The maximum absolute atomic E-state index is 13.3. The Balaban J connectivity index is 1.40. The molecule has 0 unspecified atom stereocenters. The van der Waals surface area contributed by atoms with E-state index in [4.69, 9.17) is 0 Å². The van der Waals surface area contributed by atoms with Crippen LogP contribution in [0.2, 0.25) is 0 Å². The lowest BCUT2D eigenvalue weighted by Gasteiger charge is -2.40. The van der Waals surface area contributed by atoms with Crippen LogP contribution in [0.1, 0.15) is 53.9 Å². The summed E-state index contributed by atoms with van der Waals surface area (Å²) in [6, 6.07) is 20.7. The van der Waals surface area contributed by atoms with Crippen LogP contribution in [0, 0.1) is 17.8 Å². The number of carbonyl (C=O) groups excluding carboxylic acids is 1. The van der Waals surface area contributed by atoms with Crippen LogP contribution in [0.15, 0.2) is 66.9 Å². The zero-order chi connectivity index (χ0) is 26.4. The fraction of sp³-hybridized carbons (Fsp3) is 0.419. The largest absolute Gasteiger partial charge is 0.378 e. The van der Waals surface area contributed by atoms with E-state index < -0.39 is 5.60 Å². The van der Waals surface area contributed by atoms with E-state index in [1.54, 1.807) is 24.6 Å². The van der Waals surface area contributed by atoms with E-state index in [0.29, 0.717) is 11.6 Å². The summed E-state index contributed by atoms with van der Waals surface area (Å²) in [4.78, 5) is 17.7. The van der Waals surface area contributed by atoms with Crippen LogP contribution in [-0.4, -0.2) is 62.4 Å². The molecule has 1 N–H and O–H groups in total. The molecule has 1 saturated heterocycles. The van der Waals surface area contributed by atoms with Crippen LogP contribution in [0.25, 0.3) is 0 Å². The number of nitrogens with zero attached hydrogens (tertiary/aromatic N) is 4. The lowest BCUT2D eigenvalue weighted by Crippen LogP contribution is -2.47. The number of rotatable bonds is 7. The molecule has 0 bridgehead atoms. The third-order valence-corrected chi connectivity index (χ3v) is 7.09. The molecule has 194 valence electrons. The fourth-order valence-corrected chi connectivity index (χ4v) is 5.01. The van der Waals surface area contributed by atoms with Gasteiger partial charge in [-0.3, -0.25) is 14.4 Å². The van der Waals surface area contributed by atoms with Crippen molar-refractivity contribution in [2.75, 3.05) is 20.1 Å². The van der Waals surface area contributed by atoms with Gasteiger partial charge in [-0.25, -0.2) is 0 Å².